The van der Waals surface area contributed by atoms with Crippen molar-refractivity contribution in [2.45, 2.75) is 65.7 Å². The van der Waals surface area contributed by atoms with E-state index in [1.165, 1.54) is 11.1 Å². The number of hydrogen-bond acceptors (Lipinski definition) is 1. The first kappa shape index (κ1) is 27.1. The second-order valence-corrected chi connectivity index (χ2v) is 11.8. The Hall–Kier alpha value is -2.97. The molecule has 0 spiro atoms. The van der Waals surface area contributed by atoms with Crippen LogP contribution in [0.1, 0.15) is 86.6 Å². The fourth-order valence-corrected chi connectivity index (χ4v) is 5.53. The maximum atomic E-state index is 14.8. The highest BCUT2D eigenvalue weighted by Crippen LogP contribution is 2.44. The summed E-state index contributed by atoms with van der Waals surface area (Å²) < 4.78 is 14.8. The van der Waals surface area contributed by atoms with E-state index >= 15 is 0 Å². The lowest BCUT2D eigenvalue weighted by Crippen LogP contribution is -2.14. The Morgan fingerprint density at radius 1 is 0.973 bits per heavy atom. The van der Waals surface area contributed by atoms with Crippen LogP contribution in [0.25, 0.3) is 16.5 Å². The van der Waals surface area contributed by atoms with E-state index in [1.54, 1.807) is 13.0 Å². The fourth-order valence-electron chi connectivity index (χ4n) is 5.41. The lowest BCUT2D eigenvalue weighted by atomic mass is 9.74. The van der Waals surface area contributed by atoms with Gasteiger partial charge in [-0.15, -0.1) is 0 Å². The maximum Gasteiger partial charge on any atom is 0.126 e. The standard InChI is InChI=1S/C34H37ClFN/c1-7-8-28(25-11-9-24(10-12-25)23(3)21-34(4,5)6)33(26-13-15-27(35)16-14-26)29-17-18-37-32-19-22(2)31(36)20-30(29)32/h9-20,28,33H,3,7-8,21H2,1-2,4-6H3. The zero-order chi connectivity index (χ0) is 26.7. The Labute approximate surface area is 226 Å². The summed E-state index contributed by atoms with van der Waals surface area (Å²) in [5.74, 6) is 0.0184. The van der Waals surface area contributed by atoms with Gasteiger partial charge in [-0.1, -0.05) is 88.7 Å². The largest absolute Gasteiger partial charge is 0.256 e. The number of nitrogens with zero attached hydrogens (tertiary/aromatic N) is 1. The van der Waals surface area contributed by atoms with Crippen LogP contribution in [0.5, 0.6) is 0 Å². The molecule has 192 valence electrons. The fraction of sp³-hybridized carbons (Fsp3) is 0.324. The van der Waals surface area contributed by atoms with Crippen molar-refractivity contribution in [1.82, 2.24) is 4.98 Å². The van der Waals surface area contributed by atoms with Crippen LogP contribution in [0.15, 0.2) is 79.5 Å². The van der Waals surface area contributed by atoms with Gasteiger partial charge in [0.25, 0.3) is 0 Å². The molecule has 0 saturated heterocycles. The van der Waals surface area contributed by atoms with Gasteiger partial charge in [-0.3, -0.25) is 4.98 Å². The van der Waals surface area contributed by atoms with Crippen LogP contribution in [0.3, 0.4) is 0 Å². The van der Waals surface area contributed by atoms with Crippen LogP contribution in [-0.4, -0.2) is 4.98 Å². The van der Waals surface area contributed by atoms with Crippen molar-refractivity contribution in [3.63, 3.8) is 0 Å². The average molecular weight is 514 g/mol. The van der Waals surface area contributed by atoms with Gasteiger partial charge in [0.15, 0.2) is 0 Å². The number of fused-ring (bicyclic) bond motifs is 1. The molecule has 0 saturated carbocycles. The van der Waals surface area contributed by atoms with Gasteiger partial charge in [-0.2, -0.15) is 0 Å². The van der Waals surface area contributed by atoms with Crippen LogP contribution in [0, 0.1) is 18.2 Å². The van der Waals surface area contributed by atoms with Gasteiger partial charge in [0.1, 0.15) is 5.82 Å². The van der Waals surface area contributed by atoms with Crippen molar-refractivity contribution in [2.75, 3.05) is 0 Å². The van der Waals surface area contributed by atoms with E-state index in [-0.39, 0.29) is 23.1 Å². The Balaban J connectivity index is 1.85. The zero-order valence-corrected chi connectivity index (χ0v) is 23.4. The molecule has 3 heteroatoms. The number of aryl methyl sites for hydroxylation is 1. The monoisotopic (exact) mass is 513 g/mol. The van der Waals surface area contributed by atoms with Gasteiger partial charge in [0.2, 0.25) is 0 Å². The molecule has 0 amide bonds. The van der Waals surface area contributed by atoms with Gasteiger partial charge in [0.05, 0.1) is 5.52 Å². The summed E-state index contributed by atoms with van der Waals surface area (Å²) in [6.07, 6.45) is 4.82. The quantitative estimate of drug-likeness (QED) is 0.228. The molecule has 1 aromatic heterocycles. The van der Waals surface area contributed by atoms with Crippen LogP contribution >= 0.6 is 11.6 Å². The first-order valence-electron chi connectivity index (χ1n) is 13.2. The van der Waals surface area contributed by atoms with E-state index in [0.717, 1.165) is 46.9 Å². The summed E-state index contributed by atoms with van der Waals surface area (Å²) in [6.45, 7) is 15.1. The van der Waals surface area contributed by atoms with Gasteiger partial charge >= 0.3 is 0 Å². The molecular formula is C34H37ClFN. The van der Waals surface area contributed by atoms with Crippen molar-refractivity contribution in [2.24, 2.45) is 5.41 Å². The third-order valence-corrected chi connectivity index (χ3v) is 7.36. The first-order chi connectivity index (χ1) is 17.6. The minimum atomic E-state index is -0.203. The number of rotatable bonds is 8. The van der Waals surface area contributed by atoms with Gasteiger partial charge in [0, 0.05) is 22.5 Å². The molecule has 0 aliphatic heterocycles. The van der Waals surface area contributed by atoms with E-state index in [4.69, 9.17) is 11.6 Å². The van der Waals surface area contributed by atoms with E-state index in [0.29, 0.717) is 10.6 Å². The molecule has 0 aliphatic rings. The Bertz CT molecular complexity index is 1380. The topological polar surface area (TPSA) is 12.9 Å². The lowest BCUT2D eigenvalue weighted by molar-refractivity contribution is 0.427. The average Bonchev–Trinajstić information content (AvgIpc) is 2.85. The Kier molecular flexibility index (Phi) is 8.19. The van der Waals surface area contributed by atoms with Crippen molar-refractivity contribution in [3.8, 4) is 0 Å². The molecule has 4 aromatic rings. The van der Waals surface area contributed by atoms with Crippen molar-refractivity contribution < 1.29 is 4.39 Å². The van der Waals surface area contributed by atoms with Gasteiger partial charge < -0.3 is 0 Å². The molecule has 0 fully saturated rings. The summed E-state index contributed by atoms with van der Waals surface area (Å²) in [6, 6.07) is 22.6. The predicted octanol–water partition coefficient (Wildman–Crippen LogP) is 10.5. The molecule has 0 N–H and O–H groups in total. The minimum absolute atomic E-state index is 0.0217. The smallest absolute Gasteiger partial charge is 0.126 e. The van der Waals surface area contributed by atoms with Crippen molar-refractivity contribution in [3.05, 3.63) is 118 Å². The molecule has 0 aliphatic carbocycles. The minimum Gasteiger partial charge on any atom is -0.256 e. The molecule has 0 bridgehead atoms. The normalized spacial score (nSPS) is 13.5. The van der Waals surface area contributed by atoms with Crippen LogP contribution in [0.2, 0.25) is 5.02 Å². The molecule has 2 unspecified atom stereocenters. The van der Waals surface area contributed by atoms with E-state index in [9.17, 15) is 4.39 Å². The molecule has 4 rings (SSSR count). The Morgan fingerprint density at radius 3 is 2.24 bits per heavy atom. The van der Waals surface area contributed by atoms with Crippen LogP contribution < -0.4 is 0 Å². The molecule has 0 radical (unpaired) electrons. The SMILES string of the molecule is C=C(CC(C)(C)C)c1ccc(C(CCC)C(c2ccc(Cl)cc2)c2ccnc3cc(C)c(F)cc23)cc1. The summed E-state index contributed by atoms with van der Waals surface area (Å²) in [7, 11) is 0. The number of benzene rings is 3. The van der Waals surface area contributed by atoms with E-state index in [1.807, 2.05) is 24.4 Å². The lowest BCUT2D eigenvalue weighted by Gasteiger charge is -2.30. The highest BCUT2D eigenvalue weighted by molar-refractivity contribution is 6.30. The van der Waals surface area contributed by atoms with Crippen molar-refractivity contribution in [1.29, 1.82) is 0 Å². The van der Waals surface area contributed by atoms with Gasteiger partial charge in [-0.25, -0.2) is 4.39 Å². The number of pyridine rings is 1. The summed E-state index contributed by atoms with van der Waals surface area (Å²) >= 11 is 6.28. The third-order valence-electron chi connectivity index (χ3n) is 7.11. The molecule has 3 aromatic carbocycles. The van der Waals surface area contributed by atoms with E-state index in [2.05, 4.69) is 81.7 Å². The number of halogens is 2. The highest BCUT2D eigenvalue weighted by atomic mass is 35.5. The first-order valence-corrected chi connectivity index (χ1v) is 13.5. The van der Waals surface area contributed by atoms with E-state index < -0.39 is 0 Å². The maximum absolute atomic E-state index is 14.8. The molecular weight excluding hydrogens is 477 g/mol. The van der Waals surface area contributed by atoms with Crippen molar-refractivity contribution >= 4 is 28.1 Å². The second kappa shape index (κ2) is 11.2. The Morgan fingerprint density at radius 2 is 1.62 bits per heavy atom. The third kappa shape index (κ3) is 6.30. The zero-order valence-electron chi connectivity index (χ0n) is 22.6. The molecule has 37 heavy (non-hydrogen) atoms. The van der Waals surface area contributed by atoms with Gasteiger partial charge in [-0.05, 0) is 94.8 Å². The summed E-state index contributed by atoms with van der Waals surface area (Å²) in [5.41, 5.74) is 7.48. The summed E-state index contributed by atoms with van der Waals surface area (Å²) in [4.78, 5) is 4.57. The van der Waals surface area contributed by atoms with Crippen LogP contribution in [-0.2, 0) is 0 Å². The number of allylic oxidation sites excluding steroid dienone is 1. The highest BCUT2D eigenvalue weighted by Gasteiger charge is 2.28. The summed E-state index contributed by atoms with van der Waals surface area (Å²) in [5, 5.41) is 1.57. The van der Waals surface area contributed by atoms with Crippen LogP contribution in [0.4, 0.5) is 4.39 Å². The molecule has 1 heterocycles. The number of hydrogen-bond donors (Lipinski definition) is 0. The number of aromatic nitrogens is 1. The molecule has 1 nitrogen and oxygen atoms in total. The predicted molar refractivity (Wildman–Crippen MR) is 157 cm³/mol. The molecule has 2 atom stereocenters. The second-order valence-electron chi connectivity index (χ2n) is 11.4.